The molecule has 0 radical (unpaired) electrons. The van der Waals surface area contributed by atoms with E-state index in [0.717, 1.165) is 29.7 Å². The second kappa shape index (κ2) is 9.52. The molecule has 5 rings (SSSR count). The van der Waals surface area contributed by atoms with E-state index in [9.17, 15) is 4.79 Å². The van der Waals surface area contributed by atoms with Crippen LogP contribution < -0.4 is 4.74 Å². The molecule has 4 heterocycles. The smallest absolute Gasteiger partial charge is 0.255 e. The standard InChI is InChI=1S/C25H22N6O2/c32-25(20-9-19(10-26-11-20)21-12-28-17-29-13-21)31-8-4-5-18(16-31)23-14-27-15-24(30-23)33-22-6-2-1-3-7-22/h1-3,6-7,9-15,17-18H,4-5,8,16H2/t18-/m0/s1. The molecule has 0 unspecified atom stereocenters. The summed E-state index contributed by atoms with van der Waals surface area (Å²) in [5, 5.41) is 0. The second-order valence-electron chi connectivity index (χ2n) is 7.88. The number of ether oxygens (including phenoxy) is 1. The molecule has 164 valence electrons. The van der Waals surface area contributed by atoms with Crippen molar-refractivity contribution in [3.8, 4) is 22.8 Å². The summed E-state index contributed by atoms with van der Waals surface area (Å²) in [7, 11) is 0. The van der Waals surface area contributed by atoms with Gasteiger partial charge in [-0.25, -0.2) is 15.0 Å². The minimum atomic E-state index is -0.0458. The number of hydrogen-bond acceptors (Lipinski definition) is 7. The molecule has 8 nitrogen and oxygen atoms in total. The summed E-state index contributed by atoms with van der Waals surface area (Å²) >= 11 is 0. The minimum absolute atomic E-state index is 0.0458. The van der Waals surface area contributed by atoms with E-state index in [1.165, 1.54) is 6.33 Å². The number of para-hydroxylation sites is 1. The van der Waals surface area contributed by atoms with Gasteiger partial charge in [0.25, 0.3) is 5.91 Å². The summed E-state index contributed by atoms with van der Waals surface area (Å²) in [6, 6.07) is 11.3. The number of pyridine rings is 1. The van der Waals surface area contributed by atoms with Crippen molar-refractivity contribution < 1.29 is 9.53 Å². The lowest BCUT2D eigenvalue weighted by Gasteiger charge is -2.32. The first-order valence-electron chi connectivity index (χ1n) is 10.8. The van der Waals surface area contributed by atoms with Crippen LogP contribution in [0.1, 0.15) is 34.8 Å². The quantitative estimate of drug-likeness (QED) is 0.462. The monoisotopic (exact) mass is 438 g/mol. The van der Waals surface area contributed by atoms with E-state index in [2.05, 4.69) is 24.9 Å². The van der Waals surface area contributed by atoms with Gasteiger partial charge in [-0.3, -0.25) is 14.8 Å². The number of amides is 1. The number of likely N-dealkylation sites (tertiary alicyclic amines) is 1. The van der Waals surface area contributed by atoms with Crippen LogP contribution in [-0.4, -0.2) is 48.8 Å². The molecule has 8 heteroatoms. The fourth-order valence-corrected chi connectivity index (χ4v) is 3.97. The molecule has 0 N–H and O–H groups in total. The maximum atomic E-state index is 13.3. The lowest BCUT2D eigenvalue weighted by atomic mass is 9.94. The Kier molecular flexibility index (Phi) is 5.97. The van der Waals surface area contributed by atoms with E-state index in [1.807, 2.05) is 41.3 Å². The summed E-state index contributed by atoms with van der Waals surface area (Å²) in [6.07, 6.45) is 13.4. The van der Waals surface area contributed by atoms with Crippen LogP contribution >= 0.6 is 0 Å². The molecule has 33 heavy (non-hydrogen) atoms. The Balaban J connectivity index is 1.31. The Morgan fingerprint density at radius 3 is 2.55 bits per heavy atom. The van der Waals surface area contributed by atoms with Gasteiger partial charge >= 0.3 is 0 Å². The zero-order valence-corrected chi connectivity index (χ0v) is 17.9. The molecule has 1 fully saturated rings. The third kappa shape index (κ3) is 4.85. The van der Waals surface area contributed by atoms with Gasteiger partial charge in [-0.15, -0.1) is 0 Å². The van der Waals surface area contributed by atoms with Gasteiger partial charge in [0, 0.05) is 61.1 Å². The maximum Gasteiger partial charge on any atom is 0.255 e. The zero-order valence-electron chi connectivity index (χ0n) is 17.9. The summed E-state index contributed by atoms with van der Waals surface area (Å²) in [5.41, 5.74) is 3.01. The van der Waals surface area contributed by atoms with Crippen molar-refractivity contribution in [2.45, 2.75) is 18.8 Å². The number of rotatable bonds is 5. The number of benzene rings is 1. The van der Waals surface area contributed by atoms with Crippen LogP contribution in [0, 0.1) is 0 Å². The number of carbonyl (C=O) groups excluding carboxylic acids is 1. The van der Waals surface area contributed by atoms with Crippen molar-refractivity contribution in [1.29, 1.82) is 0 Å². The minimum Gasteiger partial charge on any atom is -0.437 e. The molecule has 1 saturated heterocycles. The van der Waals surface area contributed by atoms with Crippen molar-refractivity contribution in [1.82, 2.24) is 29.8 Å². The van der Waals surface area contributed by atoms with E-state index >= 15 is 0 Å². The molecule has 0 spiro atoms. The van der Waals surface area contributed by atoms with Crippen molar-refractivity contribution in [3.63, 3.8) is 0 Å². The zero-order chi connectivity index (χ0) is 22.5. The van der Waals surface area contributed by atoms with Gasteiger partial charge in [-0.1, -0.05) is 18.2 Å². The van der Waals surface area contributed by atoms with E-state index in [0.29, 0.717) is 30.3 Å². The molecule has 0 saturated carbocycles. The largest absolute Gasteiger partial charge is 0.437 e. The first-order chi connectivity index (χ1) is 16.3. The van der Waals surface area contributed by atoms with Gasteiger partial charge in [-0.2, -0.15) is 0 Å². The Morgan fingerprint density at radius 2 is 1.70 bits per heavy atom. The average Bonchev–Trinajstić information content (AvgIpc) is 2.90. The van der Waals surface area contributed by atoms with E-state index in [-0.39, 0.29) is 11.8 Å². The van der Waals surface area contributed by atoms with E-state index in [4.69, 9.17) is 4.74 Å². The molecule has 0 aliphatic carbocycles. The number of carbonyl (C=O) groups is 1. The van der Waals surface area contributed by atoms with Crippen LogP contribution in [0.25, 0.3) is 11.1 Å². The lowest BCUT2D eigenvalue weighted by Crippen LogP contribution is -2.39. The van der Waals surface area contributed by atoms with Crippen molar-refractivity contribution in [2.75, 3.05) is 13.1 Å². The second-order valence-corrected chi connectivity index (χ2v) is 7.88. The van der Waals surface area contributed by atoms with Gasteiger partial charge in [0.05, 0.1) is 17.5 Å². The Bertz CT molecular complexity index is 1240. The molecule has 4 aromatic rings. The highest BCUT2D eigenvalue weighted by atomic mass is 16.5. The highest BCUT2D eigenvalue weighted by molar-refractivity contribution is 5.95. The molecule has 3 aromatic heterocycles. The SMILES string of the molecule is O=C(c1cncc(-c2cncnc2)c1)N1CCC[C@H](c2cncc(Oc3ccccc3)n2)C1. The molecule has 0 bridgehead atoms. The van der Waals surface area contributed by atoms with E-state index in [1.54, 1.807) is 37.2 Å². The number of piperidine rings is 1. The first-order valence-corrected chi connectivity index (χ1v) is 10.8. The highest BCUT2D eigenvalue weighted by Gasteiger charge is 2.27. The first kappa shape index (κ1) is 20.7. The van der Waals surface area contributed by atoms with Crippen molar-refractivity contribution in [2.24, 2.45) is 0 Å². The van der Waals surface area contributed by atoms with Crippen molar-refractivity contribution >= 4 is 5.91 Å². The summed E-state index contributed by atoms with van der Waals surface area (Å²) < 4.78 is 5.84. The Labute approximate surface area is 191 Å². The number of aromatic nitrogens is 5. The summed E-state index contributed by atoms with van der Waals surface area (Å²) in [6.45, 7) is 1.27. The Hall–Kier alpha value is -4.20. The molecule has 1 aromatic carbocycles. The van der Waals surface area contributed by atoms with Gasteiger partial charge in [0.1, 0.15) is 12.1 Å². The third-order valence-corrected chi connectivity index (χ3v) is 5.60. The van der Waals surface area contributed by atoms with Gasteiger partial charge < -0.3 is 9.64 Å². The maximum absolute atomic E-state index is 13.3. The summed E-state index contributed by atoms with van der Waals surface area (Å²) in [4.78, 5) is 36.5. The Morgan fingerprint density at radius 1 is 0.909 bits per heavy atom. The van der Waals surface area contributed by atoms with Crippen LogP contribution in [-0.2, 0) is 0 Å². The predicted octanol–water partition coefficient (Wildman–Crippen LogP) is 4.14. The van der Waals surface area contributed by atoms with Gasteiger partial charge in [-0.05, 0) is 31.0 Å². The van der Waals surface area contributed by atoms with Crippen LogP contribution in [0.3, 0.4) is 0 Å². The molecule has 1 aliphatic heterocycles. The van der Waals surface area contributed by atoms with Crippen molar-refractivity contribution in [3.05, 3.63) is 91.2 Å². The number of nitrogens with zero attached hydrogens (tertiary/aromatic N) is 6. The third-order valence-electron chi connectivity index (χ3n) is 5.60. The average molecular weight is 438 g/mol. The number of hydrogen-bond donors (Lipinski definition) is 0. The van der Waals surface area contributed by atoms with Gasteiger partial charge in [0.2, 0.25) is 5.88 Å². The molecular weight excluding hydrogens is 416 g/mol. The fraction of sp³-hybridized carbons (Fsp3) is 0.200. The predicted molar refractivity (Wildman–Crippen MR) is 122 cm³/mol. The molecule has 1 amide bonds. The normalized spacial score (nSPS) is 15.8. The fourth-order valence-electron chi connectivity index (χ4n) is 3.97. The molecular formula is C25H22N6O2. The van der Waals surface area contributed by atoms with Crippen LogP contribution in [0.15, 0.2) is 79.9 Å². The van der Waals surface area contributed by atoms with Crippen LogP contribution in [0.5, 0.6) is 11.6 Å². The van der Waals surface area contributed by atoms with Crippen LogP contribution in [0.4, 0.5) is 0 Å². The molecule has 1 aliphatic rings. The van der Waals surface area contributed by atoms with Gasteiger partial charge in [0.15, 0.2) is 0 Å². The van der Waals surface area contributed by atoms with E-state index < -0.39 is 0 Å². The topological polar surface area (TPSA) is 94.0 Å². The van der Waals surface area contributed by atoms with Crippen LogP contribution in [0.2, 0.25) is 0 Å². The molecule has 1 atom stereocenters. The lowest BCUT2D eigenvalue weighted by molar-refractivity contribution is 0.0705. The summed E-state index contributed by atoms with van der Waals surface area (Å²) in [5.74, 6) is 1.20. The highest BCUT2D eigenvalue weighted by Crippen LogP contribution is 2.28.